The van der Waals surface area contributed by atoms with Gasteiger partial charge in [0.25, 0.3) is 5.91 Å². The average Bonchev–Trinajstić information content (AvgIpc) is 2.85. The summed E-state index contributed by atoms with van der Waals surface area (Å²) >= 11 is 0. The van der Waals surface area contributed by atoms with E-state index < -0.39 is 5.97 Å². The number of aryl methyl sites for hydroxylation is 1. The van der Waals surface area contributed by atoms with Crippen LogP contribution in [0.5, 0.6) is 5.75 Å². The lowest BCUT2D eigenvalue weighted by Gasteiger charge is -2.21. The summed E-state index contributed by atoms with van der Waals surface area (Å²) in [4.78, 5) is 24.4. The van der Waals surface area contributed by atoms with E-state index in [1.54, 1.807) is 0 Å². The first-order valence-corrected chi connectivity index (χ1v) is 11.8. The van der Waals surface area contributed by atoms with Crippen molar-refractivity contribution in [1.82, 2.24) is 5.32 Å². The zero-order valence-corrected chi connectivity index (χ0v) is 19.9. The summed E-state index contributed by atoms with van der Waals surface area (Å²) < 4.78 is 5.84. The van der Waals surface area contributed by atoms with E-state index in [-0.39, 0.29) is 18.2 Å². The molecular weight excluding hydrogens is 426 g/mol. The van der Waals surface area contributed by atoms with Crippen molar-refractivity contribution < 1.29 is 19.4 Å². The van der Waals surface area contributed by atoms with Crippen molar-refractivity contribution in [3.8, 4) is 5.75 Å². The highest BCUT2D eigenvalue weighted by atomic mass is 16.5. The normalized spacial score (nSPS) is 11.7. The molecule has 178 valence electrons. The molecule has 0 aliphatic carbocycles. The van der Waals surface area contributed by atoms with Crippen molar-refractivity contribution >= 4 is 11.9 Å². The van der Waals surface area contributed by atoms with Gasteiger partial charge in [-0.2, -0.15) is 0 Å². The molecule has 1 amide bonds. The fourth-order valence-electron chi connectivity index (χ4n) is 4.01. The maximum absolute atomic E-state index is 13.3. The smallest absolute Gasteiger partial charge is 0.303 e. The minimum absolute atomic E-state index is 0.0276. The standard InChI is InChI=1S/C29H33NO4/c1-21(2)17-25(23-9-5-3-6-10-23)19-30-29(33)27-18-22(13-14-24(27)15-16-28(31)32)20-34-26-11-7-4-8-12-26/h3-14,18,21,25H,15-17,19-20H2,1-2H3,(H,30,33)(H,31,32). The Morgan fingerprint density at radius 3 is 2.26 bits per heavy atom. The summed E-state index contributed by atoms with van der Waals surface area (Å²) in [6.45, 7) is 5.20. The molecule has 0 bridgehead atoms. The summed E-state index contributed by atoms with van der Waals surface area (Å²) in [6, 6.07) is 25.3. The van der Waals surface area contributed by atoms with Crippen LogP contribution in [0.15, 0.2) is 78.9 Å². The van der Waals surface area contributed by atoms with Crippen molar-refractivity contribution in [2.45, 2.75) is 45.6 Å². The van der Waals surface area contributed by atoms with Crippen LogP contribution < -0.4 is 10.1 Å². The van der Waals surface area contributed by atoms with Crippen LogP contribution in [0, 0.1) is 5.92 Å². The number of carboxylic acid groups (broad SMARTS) is 1. The Morgan fingerprint density at radius 2 is 1.62 bits per heavy atom. The van der Waals surface area contributed by atoms with Crippen molar-refractivity contribution in [2.75, 3.05) is 6.54 Å². The Labute approximate surface area is 201 Å². The topological polar surface area (TPSA) is 75.6 Å². The van der Waals surface area contributed by atoms with Crippen LogP contribution in [0.3, 0.4) is 0 Å². The minimum atomic E-state index is -0.885. The summed E-state index contributed by atoms with van der Waals surface area (Å²) in [5.74, 6) is 0.377. The van der Waals surface area contributed by atoms with E-state index in [0.717, 1.165) is 23.3 Å². The van der Waals surface area contributed by atoms with Crippen molar-refractivity contribution in [3.63, 3.8) is 0 Å². The predicted molar refractivity (Wildman–Crippen MR) is 134 cm³/mol. The second kappa shape index (κ2) is 12.6. The quantitative estimate of drug-likeness (QED) is 0.357. The fraction of sp³-hybridized carbons (Fsp3) is 0.310. The van der Waals surface area contributed by atoms with Crippen LogP contribution in [-0.4, -0.2) is 23.5 Å². The van der Waals surface area contributed by atoms with E-state index in [2.05, 4.69) is 31.3 Å². The molecule has 2 N–H and O–H groups in total. The van der Waals surface area contributed by atoms with Gasteiger partial charge >= 0.3 is 5.97 Å². The Morgan fingerprint density at radius 1 is 0.941 bits per heavy atom. The first kappa shape index (κ1) is 25.0. The lowest BCUT2D eigenvalue weighted by Crippen LogP contribution is -2.30. The van der Waals surface area contributed by atoms with Crippen LogP contribution in [0.2, 0.25) is 0 Å². The zero-order valence-electron chi connectivity index (χ0n) is 19.9. The van der Waals surface area contributed by atoms with Gasteiger partial charge in [0.05, 0.1) is 0 Å². The summed E-state index contributed by atoms with van der Waals surface area (Å²) in [7, 11) is 0. The number of benzene rings is 3. The van der Waals surface area contributed by atoms with E-state index in [1.165, 1.54) is 5.56 Å². The van der Waals surface area contributed by atoms with Gasteiger partial charge in [0.15, 0.2) is 0 Å². The number of carbonyl (C=O) groups excluding carboxylic acids is 1. The fourth-order valence-corrected chi connectivity index (χ4v) is 4.01. The molecule has 0 aromatic heterocycles. The van der Waals surface area contributed by atoms with Gasteiger partial charge in [-0.25, -0.2) is 0 Å². The molecule has 5 heteroatoms. The first-order chi connectivity index (χ1) is 16.4. The second-order valence-corrected chi connectivity index (χ2v) is 8.93. The molecule has 34 heavy (non-hydrogen) atoms. The monoisotopic (exact) mass is 459 g/mol. The number of carboxylic acids is 1. The molecule has 3 rings (SSSR count). The molecule has 3 aromatic rings. The van der Waals surface area contributed by atoms with Gasteiger partial charge in [-0.1, -0.05) is 74.5 Å². The van der Waals surface area contributed by atoms with Crippen LogP contribution >= 0.6 is 0 Å². The molecule has 0 aliphatic heterocycles. The van der Waals surface area contributed by atoms with Gasteiger partial charge in [0.1, 0.15) is 12.4 Å². The highest BCUT2D eigenvalue weighted by molar-refractivity contribution is 5.96. The third-order valence-corrected chi connectivity index (χ3v) is 5.71. The minimum Gasteiger partial charge on any atom is -0.489 e. The first-order valence-electron chi connectivity index (χ1n) is 11.8. The van der Waals surface area contributed by atoms with E-state index in [4.69, 9.17) is 9.84 Å². The predicted octanol–water partition coefficient (Wildman–Crippen LogP) is 5.84. The third kappa shape index (κ3) is 7.77. The number of ether oxygens (including phenoxy) is 1. The Hall–Kier alpha value is -3.60. The summed E-state index contributed by atoms with van der Waals surface area (Å²) in [6.07, 6.45) is 1.23. The molecule has 0 radical (unpaired) electrons. The van der Waals surface area contributed by atoms with Crippen LogP contribution in [-0.2, 0) is 17.8 Å². The number of carbonyl (C=O) groups is 2. The van der Waals surface area contributed by atoms with Crippen LogP contribution in [0.4, 0.5) is 0 Å². The maximum Gasteiger partial charge on any atom is 0.303 e. The lowest BCUT2D eigenvalue weighted by atomic mass is 9.90. The van der Waals surface area contributed by atoms with E-state index >= 15 is 0 Å². The van der Waals surface area contributed by atoms with Crippen molar-refractivity contribution in [3.05, 3.63) is 101 Å². The largest absolute Gasteiger partial charge is 0.489 e. The van der Waals surface area contributed by atoms with Gasteiger partial charge in [0, 0.05) is 24.4 Å². The van der Waals surface area contributed by atoms with Gasteiger partial charge in [0.2, 0.25) is 0 Å². The van der Waals surface area contributed by atoms with E-state index in [9.17, 15) is 9.59 Å². The van der Waals surface area contributed by atoms with E-state index in [1.807, 2.05) is 66.7 Å². The van der Waals surface area contributed by atoms with Gasteiger partial charge in [-0.15, -0.1) is 0 Å². The van der Waals surface area contributed by atoms with Crippen LogP contribution in [0.1, 0.15) is 59.7 Å². The number of hydrogen-bond acceptors (Lipinski definition) is 3. The SMILES string of the molecule is CC(C)CC(CNC(=O)c1cc(COc2ccccc2)ccc1CCC(=O)O)c1ccccc1. The lowest BCUT2D eigenvalue weighted by molar-refractivity contribution is -0.136. The van der Waals surface area contributed by atoms with Gasteiger partial charge in [-0.3, -0.25) is 9.59 Å². The molecule has 0 fully saturated rings. The number of rotatable bonds is 12. The molecule has 0 spiro atoms. The highest BCUT2D eigenvalue weighted by Gasteiger charge is 2.18. The Bertz CT molecular complexity index is 1060. The van der Waals surface area contributed by atoms with Gasteiger partial charge < -0.3 is 15.2 Å². The molecule has 0 heterocycles. The van der Waals surface area contributed by atoms with Crippen molar-refractivity contribution in [1.29, 1.82) is 0 Å². The third-order valence-electron chi connectivity index (χ3n) is 5.71. The number of amides is 1. The molecule has 1 unspecified atom stereocenters. The molecule has 1 atom stereocenters. The number of hydrogen-bond donors (Lipinski definition) is 2. The Balaban J connectivity index is 1.76. The average molecular weight is 460 g/mol. The highest BCUT2D eigenvalue weighted by Crippen LogP contribution is 2.24. The molecule has 3 aromatic carbocycles. The molecule has 0 aliphatic rings. The molecule has 0 saturated heterocycles. The Kier molecular flexibility index (Phi) is 9.27. The molecule has 5 nitrogen and oxygen atoms in total. The van der Waals surface area contributed by atoms with Crippen LogP contribution in [0.25, 0.3) is 0 Å². The number of para-hydroxylation sites is 1. The summed E-state index contributed by atoms with van der Waals surface area (Å²) in [5, 5.41) is 12.2. The van der Waals surface area contributed by atoms with E-state index in [0.29, 0.717) is 31.1 Å². The summed E-state index contributed by atoms with van der Waals surface area (Å²) in [5.41, 5.74) is 3.29. The zero-order chi connectivity index (χ0) is 24.3. The van der Waals surface area contributed by atoms with Crippen molar-refractivity contribution in [2.24, 2.45) is 5.92 Å². The molecular formula is C29H33NO4. The number of nitrogens with one attached hydrogen (secondary N) is 1. The number of aliphatic carboxylic acids is 1. The second-order valence-electron chi connectivity index (χ2n) is 8.93. The molecule has 0 saturated carbocycles. The van der Waals surface area contributed by atoms with Gasteiger partial charge in [-0.05, 0) is 53.6 Å². The maximum atomic E-state index is 13.3.